The molecule has 1 saturated carbocycles. The van der Waals surface area contributed by atoms with Gasteiger partial charge in [0.2, 0.25) is 17.7 Å². The van der Waals surface area contributed by atoms with Crippen molar-refractivity contribution in [3.8, 4) is 0 Å². The number of aromatic nitrogens is 2. The second-order valence-electron chi connectivity index (χ2n) is 6.87. The molecule has 1 heterocycles. The number of carbonyl (C=O) groups excluding carboxylic acids is 1. The molecule has 1 aromatic carbocycles. The Labute approximate surface area is 158 Å². The van der Waals surface area contributed by atoms with Gasteiger partial charge < -0.3 is 14.5 Å². The van der Waals surface area contributed by atoms with Crippen molar-refractivity contribution in [2.75, 3.05) is 13.7 Å². The molecule has 0 aliphatic heterocycles. The summed E-state index contributed by atoms with van der Waals surface area (Å²) in [4.78, 5) is 12.0. The lowest BCUT2D eigenvalue weighted by atomic mass is 9.64. The molecule has 0 bridgehead atoms. The number of methoxy groups -OCH3 is 1. The summed E-state index contributed by atoms with van der Waals surface area (Å²) in [5, 5.41) is 12.0. The maximum absolute atomic E-state index is 12.0. The molecule has 140 valence electrons. The van der Waals surface area contributed by atoms with E-state index in [4.69, 9.17) is 20.8 Å². The first kappa shape index (κ1) is 18.9. The highest BCUT2D eigenvalue weighted by molar-refractivity contribution is 6.30. The monoisotopic (exact) mass is 377 g/mol. The van der Waals surface area contributed by atoms with Crippen LogP contribution in [0, 0.1) is 0 Å². The average Bonchev–Trinajstić information content (AvgIpc) is 3.03. The highest BCUT2D eigenvalue weighted by Gasteiger charge is 2.45. The standard InChI is InChI=1S/C19H24ClN3O3/c1-13(12-25-2)21-16(24)8-9-17-22-23-18(26-17)19(10-3-11-19)14-4-6-15(20)7-5-14/h4-7,13H,3,8-12H2,1-2H3,(H,21,24)/t13-/m1/s1. The first-order valence-corrected chi connectivity index (χ1v) is 9.28. The second-order valence-corrected chi connectivity index (χ2v) is 7.30. The summed E-state index contributed by atoms with van der Waals surface area (Å²) in [6, 6.07) is 7.81. The average molecular weight is 378 g/mol. The maximum Gasteiger partial charge on any atom is 0.227 e. The van der Waals surface area contributed by atoms with Crippen molar-refractivity contribution < 1.29 is 13.9 Å². The fraction of sp³-hybridized carbons (Fsp3) is 0.526. The van der Waals surface area contributed by atoms with Crippen LogP contribution in [0.1, 0.15) is 50.0 Å². The number of rotatable bonds is 8. The Kier molecular flexibility index (Phi) is 5.94. The number of halogens is 1. The summed E-state index contributed by atoms with van der Waals surface area (Å²) >= 11 is 6.00. The van der Waals surface area contributed by atoms with Gasteiger partial charge in [0.15, 0.2) is 0 Å². The Hall–Kier alpha value is -1.92. The fourth-order valence-electron chi connectivity index (χ4n) is 3.33. The molecule has 0 saturated heterocycles. The van der Waals surface area contributed by atoms with Gasteiger partial charge in [0.1, 0.15) is 0 Å². The van der Waals surface area contributed by atoms with Crippen molar-refractivity contribution >= 4 is 17.5 Å². The van der Waals surface area contributed by atoms with Crippen molar-refractivity contribution in [3.63, 3.8) is 0 Å². The molecule has 1 aromatic heterocycles. The second kappa shape index (κ2) is 8.18. The first-order chi connectivity index (χ1) is 12.5. The van der Waals surface area contributed by atoms with Crippen LogP contribution in [-0.2, 0) is 21.4 Å². The highest BCUT2D eigenvalue weighted by atomic mass is 35.5. The smallest absolute Gasteiger partial charge is 0.227 e. The zero-order valence-corrected chi connectivity index (χ0v) is 15.9. The van der Waals surface area contributed by atoms with Gasteiger partial charge in [-0.25, -0.2) is 0 Å². The third-order valence-electron chi connectivity index (χ3n) is 4.87. The number of hydrogen-bond donors (Lipinski definition) is 1. The molecule has 0 radical (unpaired) electrons. The van der Waals surface area contributed by atoms with E-state index in [-0.39, 0.29) is 17.4 Å². The molecular weight excluding hydrogens is 354 g/mol. The molecule has 7 heteroatoms. The largest absolute Gasteiger partial charge is 0.424 e. The zero-order chi connectivity index (χ0) is 18.6. The highest BCUT2D eigenvalue weighted by Crippen LogP contribution is 2.48. The number of carbonyl (C=O) groups is 1. The fourth-order valence-corrected chi connectivity index (χ4v) is 3.46. The van der Waals surface area contributed by atoms with Gasteiger partial charge >= 0.3 is 0 Å². The Morgan fingerprint density at radius 2 is 2.08 bits per heavy atom. The van der Waals surface area contributed by atoms with E-state index in [0.717, 1.165) is 24.8 Å². The van der Waals surface area contributed by atoms with E-state index in [1.165, 1.54) is 0 Å². The van der Waals surface area contributed by atoms with E-state index in [1.807, 2.05) is 31.2 Å². The summed E-state index contributed by atoms with van der Waals surface area (Å²) in [7, 11) is 1.61. The predicted octanol–water partition coefficient (Wildman–Crippen LogP) is 3.28. The van der Waals surface area contributed by atoms with Gasteiger partial charge in [0.05, 0.1) is 12.0 Å². The summed E-state index contributed by atoms with van der Waals surface area (Å²) in [6.07, 6.45) is 3.82. The van der Waals surface area contributed by atoms with Crippen molar-refractivity contribution in [1.29, 1.82) is 0 Å². The molecule has 2 aromatic rings. The minimum absolute atomic E-state index is 0.0195. The number of nitrogens with one attached hydrogen (secondary N) is 1. The van der Waals surface area contributed by atoms with Crippen molar-refractivity contribution in [3.05, 3.63) is 46.6 Å². The Morgan fingerprint density at radius 3 is 2.69 bits per heavy atom. The number of ether oxygens (including phenoxy) is 1. The lowest BCUT2D eigenvalue weighted by molar-refractivity contribution is -0.122. The normalized spacial score (nSPS) is 16.7. The minimum atomic E-state index is -0.217. The van der Waals surface area contributed by atoms with Gasteiger partial charge in [-0.05, 0) is 37.5 Å². The number of benzene rings is 1. The van der Waals surface area contributed by atoms with E-state index in [9.17, 15) is 4.79 Å². The molecule has 0 spiro atoms. The van der Waals surface area contributed by atoms with E-state index in [0.29, 0.717) is 36.3 Å². The third-order valence-corrected chi connectivity index (χ3v) is 5.12. The van der Waals surface area contributed by atoms with Crippen LogP contribution in [0.25, 0.3) is 0 Å². The summed E-state index contributed by atoms with van der Waals surface area (Å²) < 4.78 is 10.9. The van der Waals surface area contributed by atoms with Gasteiger partial charge in [0, 0.05) is 31.0 Å². The van der Waals surface area contributed by atoms with Gasteiger partial charge in [-0.15, -0.1) is 10.2 Å². The topological polar surface area (TPSA) is 77.2 Å². The molecule has 1 aliphatic rings. The predicted molar refractivity (Wildman–Crippen MR) is 98.2 cm³/mol. The quantitative estimate of drug-likeness (QED) is 0.763. The SMILES string of the molecule is COC[C@@H](C)NC(=O)CCc1nnc(C2(c3ccc(Cl)cc3)CCC2)o1. The molecule has 1 fully saturated rings. The van der Waals surface area contributed by atoms with Crippen molar-refractivity contribution in [2.24, 2.45) is 0 Å². The molecule has 6 nitrogen and oxygen atoms in total. The summed E-state index contributed by atoms with van der Waals surface area (Å²) in [6.45, 7) is 2.39. The van der Waals surface area contributed by atoms with Gasteiger partial charge in [-0.1, -0.05) is 30.2 Å². The number of amides is 1. The Morgan fingerprint density at radius 1 is 1.35 bits per heavy atom. The number of hydrogen-bond acceptors (Lipinski definition) is 5. The molecule has 1 atom stereocenters. The van der Waals surface area contributed by atoms with Gasteiger partial charge in [0.25, 0.3) is 0 Å². The Balaban J connectivity index is 1.63. The van der Waals surface area contributed by atoms with E-state index < -0.39 is 0 Å². The van der Waals surface area contributed by atoms with Crippen LogP contribution < -0.4 is 5.32 Å². The van der Waals surface area contributed by atoms with Crippen LogP contribution >= 0.6 is 11.6 Å². The molecule has 1 aliphatic carbocycles. The molecule has 1 amide bonds. The number of aryl methyl sites for hydroxylation is 1. The summed E-state index contributed by atoms with van der Waals surface area (Å²) in [5.41, 5.74) is 0.930. The van der Waals surface area contributed by atoms with Crippen LogP contribution in [-0.4, -0.2) is 35.9 Å². The van der Waals surface area contributed by atoms with Crippen LogP contribution in [0.15, 0.2) is 28.7 Å². The van der Waals surface area contributed by atoms with E-state index >= 15 is 0 Å². The zero-order valence-electron chi connectivity index (χ0n) is 15.1. The first-order valence-electron chi connectivity index (χ1n) is 8.91. The Bertz CT molecular complexity index is 741. The molecule has 0 unspecified atom stereocenters. The molecular formula is C19H24ClN3O3. The summed E-state index contributed by atoms with van der Waals surface area (Å²) in [5.74, 6) is 1.08. The van der Waals surface area contributed by atoms with Crippen LogP contribution in [0.5, 0.6) is 0 Å². The van der Waals surface area contributed by atoms with E-state index in [2.05, 4.69) is 15.5 Å². The minimum Gasteiger partial charge on any atom is -0.424 e. The van der Waals surface area contributed by atoms with Crippen LogP contribution in [0.3, 0.4) is 0 Å². The van der Waals surface area contributed by atoms with Crippen molar-refractivity contribution in [2.45, 2.75) is 50.5 Å². The van der Waals surface area contributed by atoms with Gasteiger partial charge in [-0.2, -0.15) is 0 Å². The van der Waals surface area contributed by atoms with Crippen LogP contribution in [0.4, 0.5) is 0 Å². The molecule has 1 N–H and O–H groups in total. The lowest BCUT2D eigenvalue weighted by Crippen LogP contribution is -2.36. The third kappa shape index (κ3) is 4.07. The molecule has 26 heavy (non-hydrogen) atoms. The van der Waals surface area contributed by atoms with Crippen molar-refractivity contribution in [1.82, 2.24) is 15.5 Å². The molecule has 3 rings (SSSR count). The lowest BCUT2D eigenvalue weighted by Gasteiger charge is -2.39. The van der Waals surface area contributed by atoms with Gasteiger partial charge in [-0.3, -0.25) is 4.79 Å². The van der Waals surface area contributed by atoms with Crippen LogP contribution in [0.2, 0.25) is 5.02 Å². The number of nitrogens with zero attached hydrogens (tertiary/aromatic N) is 2. The van der Waals surface area contributed by atoms with E-state index in [1.54, 1.807) is 7.11 Å². The maximum atomic E-state index is 12.0.